The second-order valence-corrected chi connectivity index (χ2v) is 4.93. The molecule has 13 heavy (non-hydrogen) atoms. The van der Waals surface area contributed by atoms with Gasteiger partial charge in [0.1, 0.15) is 10.5 Å². The zero-order valence-electron chi connectivity index (χ0n) is 6.65. The molecule has 8 heteroatoms. The summed E-state index contributed by atoms with van der Waals surface area (Å²) in [6.07, 6.45) is 0. The van der Waals surface area contributed by atoms with Gasteiger partial charge in [-0.3, -0.25) is 20.4 Å². The van der Waals surface area contributed by atoms with Gasteiger partial charge in [0.2, 0.25) is 11.8 Å². The second-order valence-electron chi connectivity index (χ2n) is 2.31. The first-order valence-corrected chi connectivity index (χ1v) is 5.54. The first kappa shape index (κ1) is 10.6. The number of carbonyl (C=O) groups is 2. The van der Waals surface area contributed by atoms with E-state index in [1.54, 1.807) is 0 Å². The molecule has 0 radical (unpaired) electrons. The average molecular weight is 222 g/mol. The molecule has 74 valence electrons. The van der Waals surface area contributed by atoms with Crippen molar-refractivity contribution in [2.24, 2.45) is 11.7 Å². The normalized spacial score (nSPS) is 26.9. The number of thioether (sulfide) groups is 2. The van der Waals surface area contributed by atoms with Crippen LogP contribution in [0.4, 0.5) is 0 Å². The molecule has 6 N–H and O–H groups in total. The van der Waals surface area contributed by atoms with E-state index < -0.39 is 10.5 Å². The van der Waals surface area contributed by atoms with Crippen LogP contribution in [0.15, 0.2) is 0 Å². The molecule has 0 aliphatic carbocycles. The Bertz CT molecular complexity index is 203. The largest absolute Gasteiger partial charge is 0.293 e. The van der Waals surface area contributed by atoms with Gasteiger partial charge in [-0.05, 0) is 0 Å². The second kappa shape index (κ2) is 4.70. The van der Waals surface area contributed by atoms with Crippen LogP contribution in [0.3, 0.4) is 0 Å². The summed E-state index contributed by atoms with van der Waals surface area (Å²) in [7, 11) is 0. The maximum atomic E-state index is 11.2. The zero-order chi connectivity index (χ0) is 9.84. The van der Waals surface area contributed by atoms with Crippen LogP contribution in [0.5, 0.6) is 0 Å². The lowest BCUT2D eigenvalue weighted by Crippen LogP contribution is -2.47. The van der Waals surface area contributed by atoms with Gasteiger partial charge >= 0.3 is 0 Å². The fraction of sp³-hybridized carbons (Fsp3) is 0.600. The van der Waals surface area contributed by atoms with Crippen LogP contribution in [0, 0.1) is 0 Å². The predicted octanol–water partition coefficient (Wildman–Crippen LogP) is -1.86. The molecule has 6 nitrogen and oxygen atoms in total. The van der Waals surface area contributed by atoms with Gasteiger partial charge in [0.15, 0.2) is 0 Å². The van der Waals surface area contributed by atoms with Crippen molar-refractivity contribution >= 4 is 35.3 Å². The van der Waals surface area contributed by atoms with E-state index in [9.17, 15) is 9.59 Å². The van der Waals surface area contributed by atoms with Crippen molar-refractivity contribution < 1.29 is 9.59 Å². The minimum atomic E-state index is -0.446. The van der Waals surface area contributed by atoms with Crippen LogP contribution >= 0.6 is 23.5 Å². The van der Waals surface area contributed by atoms with Gasteiger partial charge in [0.05, 0.1) is 0 Å². The molecule has 2 unspecified atom stereocenters. The summed E-state index contributed by atoms with van der Waals surface area (Å²) in [5, 5.41) is -0.201. The van der Waals surface area contributed by atoms with Gasteiger partial charge < -0.3 is 0 Å². The van der Waals surface area contributed by atoms with Crippen molar-refractivity contribution in [1.29, 1.82) is 0 Å². The Morgan fingerprint density at radius 1 is 1.08 bits per heavy atom. The summed E-state index contributed by atoms with van der Waals surface area (Å²) in [4.78, 5) is 22.3. The Balaban J connectivity index is 2.63. The molecule has 2 atom stereocenters. The molecule has 0 saturated carbocycles. The molecule has 0 aromatic heterocycles. The first-order chi connectivity index (χ1) is 6.20. The maximum Gasteiger partial charge on any atom is 0.248 e. The highest BCUT2D eigenvalue weighted by Gasteiger charge is 2.38. The molecule has 1 fully saturated rings. The number of carbonyl (C=O) groups excluding carboxylic acids is 2. The smallest absolute Gasteiger partial charge is 0.248 e. The van der Waals surface area contributed by atoms with E-state index in [-0.39, 0.29) is 11.8 Å². The van der Waals surface area contributed by atoms with E-state index in [0.29, 0.717) is 5.08 Å². The van der Waals surface area contributed by atoms with Crippen LogP contribution in [0.25, 0.3) is 0 Å². The number of nitrogens with two attached hydrogens (primary N) is 2. The summed E-state index contributed by atoms with van der Waals surface area (Å²) >= 11 is 2.76. The first-order valence-electron chi connectivity index (χ1n) is 3.45. The number of hydrazine groups is 2. The van der Waals surface area contributed by atoms with E-state index in [2.05, 4.69) is 0 Å². The Morgan fingerprint density at radius 2 is 1.46 bits per heavy atom. The lowest BCUT2D eigenvalue weighted by molar-refractivity contribution is -0.125. The number of rotatable bonds is 2. The lowest BCUT2D eigenvalue weighted by atomic mass is 10.2. The van der Waals surface area contributed by atoms with Crippen LogP contribution in [-0.2, 0) is 9.59 Å². The summed E-state index contributed by atoms with van der Waals surface area (Å²) < 4.78 is 0. The summed E-state index contributed by atoms with van der Waals surface area (Å²) in [6.45, 7) is 0. The van der Waals surface area contributed by atoms with Crippen molar-refractivity contribution in [3.8, 4) is 0 Å². The molecule has 1 heterocycles. The SMILES string of the molecule is NNC(=O)C1SCSC1C(=O)NN. The van der Waals surface area contributed by atoms with Crippen LogP contribution < -0.4 is 22.5 Å². The minimum Gasteiger partial charge on any atom is -0.293 e. The maximum absolute atomic E-state index is 11.2. The van der Waals surface area contributed by atoms with E-state index in [1.807, 2.05) is 10.9 Å². The monoisotopic (exact) mass is 222 g/mol. The third-order valence-electron chi connectivity index (χ3n) is 1.57. The topological polar surface area (TPSA) is 110 Å². The molecule has 0 aromatic rings. The summed E-state index contributed by atoms with van der Waals surface area (Å²) in [6, 6.07) is 0. The highest BCUT2D eigenvalue weighted by molar-refractivity contribution is 8.20. The van der Waals surface area contributed by atoms with Crippen LogP contribution in [-0.4, -0.2) is 27.4 Å². The van der Waals surface area contributed by atoms with Crippen molar-refractivity contribution in [1.82, 2.24) is 10.9 Å². The number of nitrogens with one attached hydrogen (secondary N) is 2. The standard InChI is InChI=1S/C5H10N4O2S2/c6-8-4(10)2-3(5(11)9-7)13-1-12-2/h2-3H,1,6-7H2,(H,8,10)(H,9,11). The van der Waals surface area contributed by atoms with Crippen molar-refractivity contribution in [3.63, 3.8) is 0 Å². The fourth-order valence-electron chi connectivity index (χ4n) is 0.951. The molecule has 0 spiro atoms. The minimum absolute atomic E-state index is 0.344. The molecule has 1 aliphatic heterocycles. The predicted molar refractivity (Wildman–Crippen MR) is 52.3 cm³/mol. The Morgan fingerprint density at radius 3 is 1.77 bits per heavy atom. The van der Waals surface area contributed by atoms with E-state index in [1.165, 1.54) is 23.5 Å². The van der Waals surface area contributed by atoms with Gasteiger partial charge in [-0.2, -0.15) is 0 Å². The highest BCUT2D eigenvalue weighted by atomic mass is 32.2. The quantitative estimate of drug-likeness (QED) is 0.248. The third-order valence-corrected chi connectivity index (χ3v) is 4.52. The van der Waals surface area contributed by atoms with Gasteiger partial charge in [0.25, 0.3) is 0 Å². The number of hydrogen-bond donors (Lipinski definition) is 4. The van der Waals surface area contributed by atoms with Gasteiger partial charge in [0, 0.05) is 5.08 Å². The Labute approximate surface area is 83.5 Å². The average Bonchev–Trinajstić information content (AvgIpc) is 2.63. The van der Waals surface area contributed by atoms with E-state index in [4.69, 9.17) is 11.7 Å². The van der Waals surface area contributed by atoms with E-state index >= 15 is 0 Å². The van der Waals surface area contributed by atoms with Gasteiger partial charge in [-0.1, -0.05) is 0 Å². The molecular weight excluding hydrogens is 212 g/mol. The molecule has 2 amide bonds. The van der Waals surface area contributed by atoms with Crippen molar-refractivity contribution in [2.75, 3.05) is 5.08 Å². The van der Waals surface area contributed by atoms with Crippen molar-refractivity contribution in [3.05, 3.63) is 0 Å². The lowest BCUT2D eigenvalue weighted by Gasteiger charge is -2.13. The third kappa shape index (κ3) is 2.27. The fourth-order valence-corrected chi connectivity index (χ4v) is 3.95. The molecule has 1 rings (SSSR count). The van der Waals surface area contributed by atoms with Gasteiger partial charge in [-0.15, -0.1) is 23.5 Å². The molecule has 1 saturated heterocycles. The Kier molecular flexibility index (Phi) is 3.85. The molecular formula is C5H10N4O2S2. The number of amides is 2. The summed E-state index contributed by atoms with van der Waals surface area (Å²) in [5.74, 6) is 9.25. The molecule has 1 aliphatic rings. The van der Waals surface area contributed by atoms with Crippen LogP contribution in [0.2, 0.25) is 0 Å². The molecule has 0 aromatic carbocycles. The van der Waals surface area contributed by atoms with E-state index in [0.717, 1.165) is 0 Å². The van der Waals surface area contributed by atoms with Crippen LogP contribution in [0.1, 0.15) is 0 Å². The number of hydrogen-bond acceptors (Lipinski definition) is 6. The zero-order valence-corrected chi connectivity index (χ0v) is 8.28. The van der Waals surface area contributed by atoms with Gasteiger partial charge in [-0.25, -0.2) is 11.7 Å². The van der Waals surface area contributed by atoms with Crippen molar-refractivity contribution in [2.45, 2.75) is 10.5 Å². The summed E-state index contributed by atoms with van der Waals surface area (Å²) in [5.41, 5.74) is 4.04. The Hall–Kier alpha value is -0.440. The highest BCUT2D eigenvalue weighted by Crippen LogP contribution is 2.36. The molecule has 0 bridgehead atoms.